The number of fused-ring (bicyclic) bond motifs is 1. The average Bonchev–Trinajstić information content (AvgIpc) is 3.24. The molecule has 12 nitrogen and oxygen atoms in total. The molecule has 1 aliphatic rings. The Balaban J connectivity index is 1.93. The first kappa shape index (κ1) is 24.8. The molecule has 0 radical (unpaired) electrons. The van der Waals surface area contributed by atoms with E-state index >= 15 is 0 Å². The van der Waals surface area contributed by atoms with Crippen LogP contribution in [0.15, 0.2) is 42.5 Å². The first-order valence-electron chi connectivity index (χ1n) is 10.6. The van der Waals surface area contributed by atoms with Gasteiger partial charge in [-0.3, -0.25) is 10.1 Å². The number of methoxy groups -OCH3 is 2. The summed E-state index contributed by atoms with van der Waals surface area (Å²) in [6, 6.07) is 10.4. The van der Waals surface area contributed by atoms with Crippen LogP contribution in [0.5, 0.6) is 5.75 Å². The minimum atomic E-state index is -1.39. The zero-order valence-electron chi connectivity index (χ0n) is 19.5. The summed E-state index contributed by atoms with van der Waals surface area (Å²) < 4.78 is 17.1. The standard InChI is InChI=1S/C22H25ClN6O6/c1-22(21(33-3)34-4)20(30)19(16-11-15(29(31)32)8-9-17(16)35-22)28(12-18-24-26-27(2)25-18)14-7-5-6-13(23)10-14/h5-11,19-21,30H,12H2,1-4H3/t19-,20+,22+/m1/s1. The number of non-ortho nitro benzene ring substituents is 1. The highest BCUT2D eigenvalue weighted by atomic mass is 35.5. The van der Waals surface area contributed by atoms with Gasteiger partial charge in [0, 0.05) is 42.6 Å². The van der Waals surface area contributed by atoms with Crippen LogP contribution in [-0.2, 0) is 23.1 Å². The van der Waals surface area contributed by atoms with Gasteiger partial charge in [0.05, 0.1) is 24.6 Å². The number of halogens is 1. The Morgan fingerprint density at radius 2 is 2.06 bits per heavy atom. The predicted octanol–water partition coefficient (Wildman–Crippen LogP) is 2.65. The molecule has 186 valence electrons. The van der Waals surface area contributed by atoms with Crippen molar-refractivity contribution in [2.45, 2.75) is 37.5 Å². The highest BCUT2D eigenvalue weighted by Crippen LogP contribution is 2.47. The number of tetrazole rings is 1. The lowest BCUT2D eigenvalue weighted by molar-refractivity contribution is -0.385. The molecule has 0 aliphatic carbocycles. The number of nitro benzene ring substituents is 1. The molecule has 0 amide bonds. The van der Waals surface area contributed by atoms with Gasteiger partial charge in [-0.05, 0) is 36.4 Å². The van der Waals surface area contributed by atoms with Gasteiger partial charge in [-0.2, -0.15) is 4.80 Å². The minimum absolute atomic E-state index is 0.110. The topological polar surface area (TPSA) is 138 Å². The Kier molecular flexibility index (Phi) is 6.90. The summed E-state index contributed by atoms with van der Waals surface area (Å²) >= 11 is 6.30. The molecule has 3 aromatic rings. The van der Waals surface area contributed by atoms with Gasteiger partial charge < -0.3 is 24.2 Å². The fraction of sp³-hybridized carbons (Fsp3) is 0.409. The summed E-state index contributed by atoms with van der Waals surface area (Å²) in [4.78, 5) is 14.2. The molecule has 0 unspecified atom stereocenters. The molecule has 3 atom stereocenters. The predicted molar refractivity (Wildman–Crippen MR) is 125 cm³/mol. The van der Waals surface area contributed by atoms with Crippen LogP contribution in [0, 0.1) is 10.1 Å². The normalized spacial score (nSPS) is 21.5. The molecule has 13 heteroatoms. The minimum Gasteiger partial charge on any atom is -0.479 e. The van der Waals surface area contributed by atoms with E-state index in [4.69, 9.17) is 25.8 Å². The third kappa shape index (κ3) is 4.65. The largest absolute Gasteiger partial charge is 0.479 e. The maximum atomic E-state index is 11.8. The van der Waals surface area contributed by atoms with Crippen LogP contribution < -0.4 is 9.64 Å². The van der Waals surface area contributed by atoms with Crippen molar-refractivity contribution in [3.8, 4) is 5.75 Å². The first-order chi connectivity index (χ1) is 16.7. The molecule has 35 heavy (non-hydrogen) atoms. The highest BCUT2D eigenvalue weighted by Gasteiger charge is 2.54. The number of aliphatic hydroxyl groups is 1. The number of aromatic nitrogens is 4. The summed E-state index contributed by atoms with van der Waals surface area (Å²) in [5.41, 5.74) is -0.503. The summed E-state index contributed by atoms with van der Waals surface area (Å²) in [5, 5.41) is 36.1. The monoisotopic (exact) mass is 504 g/mol. The molecule has 0 fully saturated rings. The molecule has 1 aromatic heterocycles. The van der Waals surface area contributed by atoms with Crippen LogP contribution in [0.3, 0.4) is 0 Å². The van der Waals surface area contributed by atoms with Crippen LogP contribution in [0.25, 0.3) is 0 Å². The van der Waals surface area contributed by atoms with Crippen molar-refractivity contribution >= 4 is 23.0 Å². The van der Waals surface area contributed by atoms with Gasteiger partial charge in [0.1, 0.15) is 11.9 Å². The number of nitro groups is 1. The summed E-state index contributed by atoms with van der Waals surface area (Å²) in [7, 11) is 4.52. The second kappa shape index (κ2) is 9.74. The zero-order chi connectivity index (χ0) is 25.3. The SMILES string of the molecule is COC(OC)[C@@]1(C)Oc2ccc([N+](=O)[O-])cc2[C@@H](N(Cc2nnn(C)n2)c2cccc(Cl)c2)[C@@H]1O. The van der Waals surface area contributed by atoms with Crippen LogP contribution in [0.4, 0.5) is 11.4 Å². The van der Waals surface area contributed by atoms with Crippen molar-refractivity contribution < 1.29 is 24.2 Å². The Hall–Kier alpha value is -3.32. The number of aliphatic hydroxyl groups excluding tert-OH is 1. The van der Waals surface area contributed by atoms with Gasteiger partial charge in [-0.25, -0.2) is 0 Å². The Morgan fingerprint density at radius 1 is 1.31 bits per heavy atom. The van der Waals surface area contributed by atoms with Crippen molar-refractivity contribution in [1.29, 1.82) is 0 Å². The van der Waals surface area contributed by atoms with Crippen LogP contribution in [0.2, 0.25) is 5.02 Å². The molecule has 2 aromatic carbocycles. The molecule has 1 N–H and O–H groups in total. The Labute approximate surface area is 206 Å². The lowest BCUT2D eigenvalue weighted by atomic mass is 9.83. The Morgan fingerprint density at radius 3 is 2.66 bits per heavy atom. The van der Waals surface area contributed by atoms with Gasteiger partial charge in [0.2, 0.25) is 0 Å². The van der Waals surface area contributed by atoms with E-state index in [0.717, 1.165) is 0 Å². The van der Waals surface area contributed by atoms with Gasteiger partial charge in [0.25, 0.3) is 5.69 Å². The number of aryl methyl sites for hydroxylation is 1. The lowest BCUT2D eigenvalue weighted by Gasteiger charge is -2.49. The van der Waals surface area contributed by atoms with E-state index in [0.29, 0.717) is 27.8 Å². The van der Waals surface area contributed by atoms with E-state index in [9.17, 15) is 15.2 Å². The number of ether oxygens (including phenoxy) is 3. The third-order valence-electron chi connectivity index (χ3n) is 5.97. The number of benzene rings is 2. The van der Waals surface area contributed by atoms with E-state index in [1.54, 1.807) is 37.1 Å². The van der Waals surface area contributed by atoms with E-state index in [1.165, 1.54) is 37.2 Å². The van der Waals surface area contributed by atoms with E-state index < -0.39 is 29.0 Å². The van der Waals surface area contributed by atoms with Crippen molar-refractivity contribution in [3.63, 3.8) is 0 Å². The Bertz CT molecular complexity index is 1220. The second-order valence-corrected chi connectivity index (χ2v) is 8.70. The smallest absolute Gasteiger partial charge is 0.270 e. The van der Waals surface area contributed by atoms with E-state index in [-0.39, 0.29) is 12.2 Å². The van der Waals surface area contributed by atoms with Crippen LogP contribution in [0.1, 0.15) is 24.4 Å². The third-order valence-corrected chi connectivity index (χ3v) is 6.21. The molecule has 1 aliphatic heterocycles. The van der Waals surface area contributed by atoms with Gasteiger partial charge in [-0.1, -0.05) is 17.7 Å². The number of hydrogen-bond acceptors (Lipinski definition) is 10. The van der Waals surface area contributed by atoms with Gasteiger partial charge in [0.15, 0.2) is 17.7 Å². The van der Waals surface area contributed by atoms with Crippen molar-refractivity contribution in [3.05, 3.63) is 69.0 Å². The number of hydrogen-bond donors (Lipinski definition) is 1. The molecular formula is C22H25ClN6O6. The van der Waals surface area contributed by atoms with Crippen molar-refractivity contribution in [2.75, 3.05) is 19.1 Å². The summed E-state index contributed by atoms with van der Waals surface area (Å²) in [5.74, 6) is 0.710. The number of anilines is 1. The molecule has 4 rings (SSSR count). The molecule has 0 spiro atoms. The highest BCUT2D eigenvalue weighted by molar-refractivity contribution is 6.30. The second-order valence-electron chi connectivity index (χ2n) is 8.26. The van der Waals surface area contributed by atoms with E-state index in [1.807, 2.05) is 6.07 Å². The van der Waals surface area contributed by atoms with Crippen molar-refractivity contribution in [2.24, 2.45) is 7.05 Å². The first-order valence-corrected chi connectivity index (χ1v) is 11.0. The zero-order valence-corrected chi connectivity index (χ0v) is 20.3. The summed E-state index contributed by atoms with van der Waals surface area (Å²) in [6.07, 6.45) is -2.24. The maximum absolute atomic E-state index is 11.8. The van der Waals surface area contributed by atoms with Crippen LogP contribution >= 0.6 is 11.6 Å². The van der Waals surface area contributed by atoms with E-state index in [2.05, 4.69) is 15.4 Å². The molecule has 0 saturated heterocycles. The van der Waals surface area contributed by atoms with Gasteiger partial charge >= 0.3 is 0 Å². The van der Waals surface area contributed by atoms with Gasteiger partial charge in [-0.15, -0.1) is 10.2 Å². The van der Waals surface area contributed by atoms with Crippen LogP contribution in [-0.4, -0.2) is 62.5 Å². The quantitative estimate of drug-likeness (QED) is 0.276. The lowest BCUT2D eigenvalue weighted by Crippen LogP contribution is -2.62. The van der Waals surface area contributed by atoms with Crippen molar-refractivity contribution in [1.82, 2.24) is 20.2 Å². The fourth-order valence-corrected chi connectivity index (χ4v) is 4.57. The molecule has 0 saturated carbocycles. The summed E-state index contributed by atoms with van der Waals surface area (Å²) in [6.45, 7) is 1.77. The molecule has 0 bridgehead atoms. The molecular weight excluding hydrogens is 480 g/mol. The number of rotatable bonds is 8. The average molecular weight is 505 g/mol. The number of nitrogens with zero attached hydrogens (tertiary/aromatic N) is 6. The maximum Gasteiger partial charge on any atom is 0.270 e. The molecule has 2 heterocycles. The fourth-order valence-electron chi connectivity index (χ4n) is 4.39.